The zero-order valence-electron chi connectivity index (χ0n) is 22.6. The molecule has 7 nitrogen and oxygen atoms in total. The van der Waals surface area contributed by atoms with Crippen LogP contribution in [0.5, 0.6) is 0 Å². The van der Waals surface area contributed by atoms with Crippen molar-refractivity contribution in [3.05, 3.63) is 64.7 Å². The number of alkyl halides is 3. The number of piperazine rings is 1. The molecule has 0 bridgehead atoms. The zero-order valence-corrected chi connectivity index (χ0v) is 23.4. The Morgan fingerprint density at radius 3 is 2.46 bits per heavy atom. The number of nitrogens with zero attached hydrogens (tertiary/aromatic N) is 5. The lowest BCUT2D eigenvalue weighted by molar-refractivity contribution is -0.143. The molecule has 0 N–H and O–H groups in total. The van der Waals surface area contributed by atoms with Crippen LogP contribution in [0.25, 0.3) is 10.9 Å². The number of hydrogen-bond acceptors (Lipinski definition) is 7. The van der Waals surface area contributed by atoms with Crippen molar-refractivity contribution in [3.8, 4) is 6.07 Å². The van der Waals surface area contributed by atoms with Crippen LogP contribution in [0.4, 0.5) is 24.7 Å². The van der Waals surface area contributed by atoms with Crippen molar-refractivity contribution < 1.29 is 22.7 Å². The SMILES string of the molecule is CN(c1ccc(C#N)c(C(F)(F)F)c1)C1CCC(OC(C=O)N2CCN(c3ccc4cc(Cl)ccc4n3)CC2)CC1. The number of hydrogen-bond donors (Lipinski definition) is 0. The van der Waals surface area contributed by atoms with Crippen molar-refractivity contribution in [2.24, 2.45) is 0 Å². The largest absolute Gasteiger partial charge is 0.417 e. The molecule has 2 aliphatic rings. The van der Waals surface area contributed by atoms with Gasteiger partial charge in [-0.3, -0.25) is 9.69 Å². The molecule has 11 heteroatoms. The second-order valence-corrected chi connectivity index (χ2v) is 11.0. The van der Waals surface area contributed by atoms with E-state index in [4.69, 9.17) is 26.6 Å². The predicted molar refractivity (Wildman–Crippen MR) is 152 cm³/mol. The summed E-state index contributed by atoms with van der Waals surface area (Å²) in [6.07, 6.45) is -1.64. The highest BCUT2D eigenvalue weighted by molar-refractivity contribution is 6.31. The van der Waals surface area contributed by atoms with Crippen LogP contribution in [-0.2, 0) is 15.7 Å². The molecule has 0 amide bonds. The molecule has 5 rings (SSSR count). The third-order valence-corrected chi connectivity index (χ3v) is 8.35. The van der Waals surface area contributed by atoms with E-state index in [1.165, 1.54) is 6.07 Å². The number of ether oxygens (including phenoxy) is 1. The first-order valence-electron chi connectivity index (χ1n) is 13.7. The van der Waals surface area contributed by atoms with Gasteiger partial charge < -0.3 is 14.5 Å². The number of benzene rings is 2. The Hall–Kier alpha value is -3.39. The molecule has 2 heterocycles. The van der Waals surface area contributed by atoms with Crippen LogP contribution in [-0.4, -0.2) is 67.8 Å². The van der Waals surface area contributed by atoms with Gasteiger partial charge in [0, 0.05) is 55.4 Å². The average Bonchev–Trinajstić information content (AvgIpc) is 2.99. The van der Waals surface area contributed by atoms with Crippen molar-refractivity contribution in [1.29, 1.82) is 5.26 Å². The van der Waals surface area contributed by atoms with E-state index in [9.17, 15) is 18.0 Å². The predicted octanol–water partition coefficient (Wildman–Crippen LogP) is 5.89. The Kier molecular flexibility index (Phi) is 8.68. The summed E-state index contributed by atoms with van der Waals surface area (Å²) >= 11 is 6.08. The van der Waals surface area contributed by atoms with E-state index in [0.29, 0.717) is 49.7 Å². The maximum Gasteiger partial charge on any atom is 0.417 e. The molecular formula is C30H31ClF3N5O2. The van der Waals surface area contributed by atoms with Crippen LogP contribution >= 0.6 is 11.6 Å². The number of carbonyl (C=O) groups is 1. The summed E-state index contributed by atoms with van der Waals surface area (Å²) in [5.41, 5.74) is 0.00155. The van der Waals surface area contributed by atoms with E-state index in [1.807, 2.05) is 40.1 Å². The van der Waals surface area contributed by atoms with Crippen molar-refractivity contribution in [2.45, 2.75) is 50.2 Å². The fraction of sp³-hybridized carbons (Fsp3) is 0.433. The van der Waals surface area contributed by atoms with E-state index in [2.05, 4.69) is 4.90 Å². The van der Waals surface area contributed by atoms with Crippen LogP contribution < -0.4 is 9.80 Å². The van der Waals surface area contributed by atoms with Gasteiger partial charge >= 0.3 is 6.18 Å². The molecule has 41 heavy (non-hydrogen) atoms. The Morgan fingerprint density at radius 2 is 1.80 bits per heavy atom. The number of aromatic nitrogens is 1. The molecule has 1 aliphatic carbocycles. The normalized spacial score (nSPS) is 20.9. The molecule has 0 spiro atoms. The topological polar surface area (TPSA) is 72.7 Å². The summed E-state index contributed by atoms with van der Waals surface area (Å²) in [5.74, 6) is 0.884. The van der Waals surface area contributed by atoms with E-state index in [-0.39, 0.29) is 17.7 Å². The van der Waals surface area contributed by atoms with E-state index in [0.717, 1.165) is 41.9 Å². The van der Waals surface area contributed by atoms with E-state index >= 15 is 0 Å². The van der Waals surface area contributed by atoms with Gasteiger partial charge in [0.2, 0.25) is 0 Å². The van der Waals surface area contributed by atoms with Gasteiger partial charge in [-0.05, 0) is 74.2 Å². The van der Waals surface area contributed by atoms with Crippen molar-refractivity contribution in [3.63, 3.8) is 0 Å². The van der Waals surface area contributed by atoms with Gasteiger partial charge in [0.15, 0.2) is 12.5 Å². The molecule has 0 radical (unpaired) electrons. The van der Waals surface area contributed by atoms with Crippen LogP contribution in [0, 0.1) is 11.3 Å². The molecule has 2 aromatic carbocycles. The Morgan fingerprint density at radius 1 is 1.07 bits per heavy atom. The Bertz CT molecular complexity index is 1430. The minimum Gasteiger partial charge on any atom is -0.372 e. The summed E-state index contributed by atoms with van der Waals surface area (Å²) in [4.78, 5) is 22.8. The molecule has 1 aromatic heterocycles. The fourth-order valence-corrected chi connectivity index (χ4v) is 5.91. The first kappa shape index (κ1) is 29.1. The van der Waals surface area contributed by atoms with Crippen LogP contribution in [0.3, 0.4) is 0 Å². The van der Waals surface area contributed by atoms with Gasteiger partial charge in [-0.1, -0.05) is 11.6 Å². The maximum atomic E-state index is 13.4. The number of pyridine rings is 1. The maximum absolute atomic E-state index is 13.4. The highest BCUT2D eigenvalue weighted by atomic mass is 35.5. The average molecular weight is 586 g/mol. The lowest BCUT2D eigenvalue weighted by atomic mass is 9.91. The van der Waals surface area contributed by atoms with Crippen molar-refractivity contribution in [2.75, 3.05) is 43.0 Å². The number of fused-ring (bicyclic) bond motifs is 1. The Labute approximate surface area is 242 Å². The first-order valence-corrected chi connectivity index (χ1v) is 14.0. The van der Waals surface area contributed by atoms with Gasteiger partial charge in [-0.15, -0.1) is 0 Å². The summed E-state index contributed by atoms with van der Waals surface area (Å²) < 4.78 is 46.5. The van der Waals surface area contributed by atoms with E-state index < -0.39 is 18.0 Å². The highest BCUT2D eigenvalue weighted by Crippen LogP contribution is 2.36. The molecule has 1 atom stereocenters. The number of rotatable bonds is 7. The standard InChI is InChI=1S/C30H31ClF3N5O2/c1-37(24-5-2-21(18-35)26(17-24)30(32,33)34)23-6-8-25(9-7-23)41-29(19-40)39-14-12-38(13-15-39)28-11-3-20-16-22(31)4-10-27(20)36-28/h2-5,10-11,16-17,19,23,25,29H,6-9,12-15H2,1H3. The lowest BCUT2D eigenvalue weighted by Gasteiger charge is -2.40. The van der Waals surface area contributed by atoms with Crippen LogP contribution in [0.1, 0.15) is 36.8 Å². The zero-order chi connectivity index (χ0) is 29.1. The Balaban J connectivity index is 1.13. The molecule has 1 aliphatic heterocycles. The van der Waals surface area contributed by atoms with Crippen molar-refractivity contribution in [1.82, 2.24) is 9.88 Å². The van der Waals surface area contributed by atoms with Gasteiger partial charge in [0.1, 0.15) is 5.82 Å². The third kappa shape index (κ3) is 6.58. The number of halogens is 4. The summed E-state index contributed by atoms with van der Waals surface area (Å²) in [5, 5.41) is 10.7. The van der Waals surface area contributed by atoms with Crippen LogP contribution in [0.15, 0.2) is 48.5 Å². The molecule has 1 saturated heterocycles. The number of carbonyl (C=O) groups excluding carboxylic acids is 1. The smallest absolute Gasteiger partial charge is 0.372 e. The summed E-state index contributed by atoms with van der Waals surface area (Å²) in [6.45, 7) is 2.73. The number of anilines is 2. The quantitative estimate of drug-likeness (QED) is 0.320. The summed E-state index contributed by atoms with van der Waals surface area (Å²) in [7, 11) is 1.78. The van der Waals surface area contributed by atoms with E-state index in [1.54, 1.807) is 19.2 Å². The molecule has 216 valence electrons. The molecule has 2 fully saturated rings. The second kappa shape index (κ2) is 12.2. The monoisotopic (exact) mass is 585 g/mol. The van der Waals surface area contributed by atoms with Crippen LogP contribution in [0.2, 0.25) is 5.02 Å². The molecule has 1 unspecified atom stereocenters. The van der Waals surface area contributed by atoms with Gasteiger partial charge in [-0.25, -0.2) is 4.98 Å². The summed E-state index contributed by atoms with van der Waals surface area (Å²) in [6, 6.07) is 15.1. The third-order valence-electron chi connectivity index (χ3n) is 8.11. The number of aldehydes is 1. The number of nitriles is 1. The van der Waals surface area contributed by atoms with Gasteiger partial charge in [0.05, 0.1) is 28.8 Å². The van der Waals surface area contributed by atoms with Gasteiger partial charge in [0.25, 0.3) is 0 Å². The minimum atomic E-state index is -4.59. The highest BCUT2D eigenvalue weighted by Gasteiger charge is 2.35. The van der Waals surface area contributed by atoms with Gasteiger partial charge in [-0.2, -0.15) is 18.4 Å². The minimum absolute atomic E-state index is 0.0348. The van der Waals surface area contributed by atoms with Crippen molar-refractivity contribution >= 4 is 40.3 Å². The first-order chi connectivity index (χ1) is 19.7. The molecule has 3 aromatic rings. The fourth-order valence-electron chi connectivity index (χ4n) is 5.73. The molecule has 1 saturated carbocycles. The lowest BCUT2D eigenvalue weighted by Crippen LogP contribution is -2.53. The molecular weight excluding hydrogens is 555 g/mol. The second-order valence-electron chi connectivity index (χ2n) is 10.6.